The van der Waals surface area contributed by atoms with Crippen LogP contribution in [0.15, 0.2) is 186 Å². The summed E-state index contributed by atoms with van der Waals surface area (Å²) >= 11 is 1.79. The van der Waals surface area contributed by atoms with E-state index in [9.17, 15) is 0 Å². The molecule has 3 aromatic heterocycles. The van der Waals surface area contributed by atoms with Crippen LogP contribution >= 0.6 is 11.3 Å². The number of hydrogen-bond donors (Lipinski definition) is 0. The van der Waals surface area contributed by atoms with Crippen molar-refractivity contribution in [1.82, 2.24) is 15.0 Å². The Morgan fingerprint density at radius 2 is 1.10 bits per heavy atom. The molecule has 8 aromatic carbocycles. The van der Waals surface area contributed by atoms with Crippen molar-refractivity contribution in [2.24, 2.45) is 0 Å². The quantitative estimate of drug-likeness (QED) is 0.162. The van der Waals surface area contributed by atoms with Gasteiger partial charge in [0, 0.05) is 48.0 Å². The van der Waals surface area contributed by atoms with Crippen LogP contribution in [-0.2, 0) is 0 Å². The molecule has 59 heavy (non-hydrogen) atoms. The van der Waals surface area contributed by atoms with Gasteiger partial charge in [-0.1, -0.05) is 153 Å². The second-order valence-corrected chi connectivity index (χ2v) is 16.2. The number of para-hydroxylation sites is 2. The van der Waals surface area contributed by atoms with Crippen LogP contribution in [0.5, 0.6) is 0 Å². The largest absolute Gasteiger partial charge is 0.455 e. The zero-order chi connectivity index (χ0) is 39.5. The van der Waals surface area contributed by atoms with Crippen molar-refractivity contribution in [3.63, 3.8) is 0 Å². The van der Waals surface area contributed by atoms with Crippen LogP contribution in [0, 0.1) is 6.92 Å². The Balaban J connectivity index is 1.03. The smallest absolute Gasteiger partial charge is 0.167 e. The molecule has 11 aromatic rings. The lowest BCUT2D eigenvalue weighted by Crippen LogP contribution is -2.00. The van der Waals surface area contributed by atoms with Crippen molar-refractivity contribution in [3.8, 4) is 56.4 Å². The molecule has 3 heterocycles. The van der Waals surface area contributed by atoms with Crippen LogP contribution in [0.1, 0.15) is 29.5 Å². The number of hydrogen-bond acceptors (Lipinski definition) is 5. The van der Waals surface area contributed by atoms with E-state index >= 15 is 0 Å². The fraction of sp³-hybridized carbons (Fsp3) is 0.0556. The minimum atomic E-state index is 0.161. The molecular formula is C54H37N3OS. The topological polar surface area (TPSA) is 51.8 Å². The van der Waals surface area contributed by atoms with Crippen LogP contribution in [0.2, 0.25) is 0 Å². The first kappa shape index (κ1) is 35.0. The molecule has 0 saturated carbocycles. The lowest BCUT2D eigenvalue weighted by atomic mass is 9.85. The third-order valence-corrected chi connectivity index (χ3v) is 12.9. The normalized spacial score (nSPS) is 12.2. The molecule has 280 valence electrons. The zero-order valence-corrected chi connectivity index (χ0v) is 33.4. The third kappa shape index (κ3) is 6.10. The van der Waals surface area contributed by atoms with Crippen LogP contribution in [0.25, 0.3) is 98.5 Å². The lowest BCUT2D eigenvalue weighted by molar-refractivity contribution is 0.669. The Morgan fingerprint density at radius 3 is 1.93 bits per heavy atom. The van der Waals surface area contributed by atoms with Gasteiger partial charge < -0.3 is 4.42 Å². The highest BCUT2D eigenvalue weighted by molar-refractivity contribution is 7.26. The molecular weight excluding hydrogens is 739 g/mol. The highest BCUT2D eigenvalue weighted by atomic mass is 32.1. The monoisotopic (exact) mass is 775 g/mol. The summed E-state index contributed by atoms with van der Waals surface area (Å²) in [6.07, 6.45) is 0. The van der Waals surface area contributed by atoms with E-state index in [1.165, 1.54) is 54.4 Å². The van der Waals surface area contributed by atoms with Gasteiger partial charge in [0.25, 0.3) is 0 Å². The first-order valence-corrected chi connectivity index (χ1v) is 20.8. The number of rotatable bonds is 7. The van der Waals surface area contributed by atoms with Crippen LogP contribution < -0.4 is 0 Å². The number of fused-ring (bicyclic) bond motifs is 6. The maximum absolute atomic E-state index is 6.47. The maximum Gasteiger partial charge on any atom is 0.167 e. The molecule has 0 aliphatic carbocycles. The average molecular weight is 776 g/mol. The van der Waals surface area contributed by atoms with E-state index in [1.54, 1.807) is 11.3 Å². The number of aromatic nitrogens is 3. The van der Waals surface area contributed by atoms with Gasteiger partial charge >= 0.3 is 0 Å². The number of aryl methyl sites for hydroxylation is 1. The average Bonchev–Trinajstić information content (AvgIpc) is 3.88. The Labute approximate surface area is 346 Å². The fourth-order valence-corrected chi connectivity index (χ4v) is 9.73. The molecule has 0 bridgehead atoms. The molecule has 1 unspecified atom stereocenters. The summed E-state index contributed by atoms with van der Waals surface area (Å²) in [5.74, 6) is 2.00. The van der Waals surface area contributed by atoms with Crippen molar-refractivity contribution >= 4 is 53.4 Å². The van der Waals surface area contributed by atoms with Gasteiger partial charge in [0.2, 0.25) is 0 Å². The van der Waals surface area contributed by atoms with E-state index in [0.29, 0.717) is 17.5 Å². The van der Waals surface area contributed by atoms with Gasteiger partial charge in [-0.15, -0.1) is 11.3 Å². The van der Waals surface area contributed by atoms with E-state index in [-0.39, 0.29) is 5.92 Å². The fourth-order valence-electron chi connectivity index (χ4n) is 8.54. The minimum Gasteiger partial charge on any atom is -0.455 e. The Kier molecular flexibility index (Phi) is 8.49. The number of benzene rings is 8. The van der Waals surface area contributed by atoms with Gasteiger partial charge in [-0.2, -0.15) is 0 Å². The van der Waals surface area contributed by atoms with Crippen LogP contribution in [0.3, 0.4) is 0 Å². The van der Waals surface area contributed by atoms with E-state index in [4.69, 9.17) is 19.4 Å². The van der Waals surface area contributed by atoms with Crippen LogP contribution in [0.4, 0.5) is 0 Å². The molecule has 0 aliphatic heterocycles. The molecule has 0 fully saturated rings. The summed E-state index contributed by atoms with van der Waals surface area (Å²) in [5.41, 5.74) is 13.2. The van der Waals surface area contributed by atoms with Gasteiger partial charge in [0.1, 0.15) is 11.2 Å². The van der Waals surface area contributed by atoms with E-state index < -0.39 is 0 Å². The molecule has 0 amide bonds. The molecule has 4 nitrogen and oxygen atoms in total. The van der Waals surface area contributed by atoms with Crippen LogP contribution in [-0.4, -0.2) is 15.0 Å². The third-order valence-electron chi connectivity index (χ3n) is 11.6. The van der Waals surface area contributed by atoms with Gasteiger partial charge in [-0.25, -0.2) is 15.0 Å². The van der Waals surface area contributed by atoms with E-state index in [0.717, 1.165) is 43.3 Å². The van der Waals surface area contributed by atoms with Crippen molar-refractivity contribution in [2.75, 3.05) is 0 Å². The van der Waals surface area contributed by atoms with Crippen molar-refractivity contribution < 1.29 is 4.42 Å². The molecule has 0 radical (unpaired) electrons. The Hall–Kier alpha value is -7.21. The predicted molar refractivity (Wildman–Crippen MR) is 246 cm³/mol. The molecule has 5 heteroatoms. The molecule has 0 saturated heterocycles. The lowest BCUT2D eigenvalue weighted by Gasteiger charge is -2.19. The summed E-state index contributed by atoms with van der Waals surface area (Å²) in [4.78, 5) is 15.5. The maximum atomic E-state index is 6.47. The number of thiophene rings is 1. The Bertz CT molecular complexity index is 3370. The summed E-state index contributed by atoms with van der Waals surface area (Å²) in [5, 5.41) is 4.54. The molecule has 1 atom stereocenters. The van der Waals surface area contributed by atoms with Gasteiger partial charge in [0.15, 0.2) is 17.5 Å². The van der Waals surface area contributed by atoms with E-state index in [1.807, 2.05) is 54.6 Å². The highest BCUT2D eigenvalue weighted by Gasteiger charge is 2.21. The summed E-state index contributed by atoms with van der Waals surface area (Å²) in [7, 11) is 0. The summed E-state index contributed by atoms with van der Waals surface area (Å²) in [6.45, 7) is 4.54. The standard InChI is InChI=1S/C54H37N3OS/c1-33-27-28-38(35-15-5-3-6-16-35)32-46(33)40-20-10-9-19-39(40)34(2)37-29-30-49-47(31-37)43-23-14-25-45(51(43)59-49)54-56-52(36-17-7-4-8-18-36)55-53(57-54)44-24-13-22-42-41-21-11-12-26-48(41)58-50(42)44/h3-32,34H,1-2H3. The van der Waals surface area contributed by atoms with Gasteiger partial charge in [-0.05, 0) is 82.3 Å². The summed E-state index contributed by atoms with van der Waals surface area (Å²) in [6, 6.07) is 64.3. The molecule has 11 rings (SSSR count). The first-order valence-electron chi connectivity index (χ1n) is 20.0. The minimum absolute atomic E-state index is 0.161. The molecule has 0 spiro atoms. The van der Waals surface area contributed by atoms with Crippen molar-refractivity contribution in [3.05, 3.63) is 199 Å². The second kappa shape index (κ2) is 14.3. The van der Waals surface area contributed by atoms with E-state index in [2.05, 4.69) is 141 Å². The predicted octanol–water partition coefficient (Wildman–Crippen LogP) is 14.9. The highest BCUT2D eigenvalue weighted by Crippen LogP contribution is 2.43. The first-order chi connectivity index (χ1) is 29.1. The zero-order valence-electron chi connectivity index (χ0n) is 32.6. The number of furan rings is 1. The Morgan fingerprint density at radius 1 is 0.458 bits per heavy atom. The summed E-state index contributed by atoms with van der Waals surface area (Å²) < 4.78 is 8.85. The van der Waals surface area contributed by atoms with Gasteiger partial charge in [-0.3, -0.25) is 0 Å². The second-order valence-electron chi connectivity index (χ2n) is 15.2. The number of nitrogens with zero attached hydrogens (tertiary/aromatic N) is 3. The van der Waals surface area contributed by atoms with Crippen molar-refractivity contribution in [2.45, 2.75) is 19.8 Å². The van der Waals surface area contributed by atoms with Crippen molar-refractivity contribution in [1.29, 1.82) is 0 Å². The SMILES string of the molecule is Cc1ccc(-c2ccccc2)cc1-c1ccccc1C(C)c1ccc2sc3c(-c4nc(-c5ccccc5)nc(-c5cccc6c5oc5ccccc56)n4)cccc3c2c1. The van der Waals surface area contributed by atoms with Gasteiger partial charge in [0.05, 0.1) is 5.56 Å². The molecule has 0 aliphatic rings. The molecule has 0 N–H and O–H groups in total.